The number of nitrogens with one attached hydrogen (secondary N) is 2. The zero-order valence-electron chi connectivity index (χ0n) is 13.5. The molecular formula is C17H18ClN3O4. The number of H-pyrrole nitrogens is 1. The highest BCUT2D eigenvalue weighted by Gasteiger charge is 2.20. The van der Waals surface area contributed by atoms with Gasteiger partial charge >= 0.3 is 5.69 Å². The number of hydrogen-bond donors (Lipinski definition) is 2. The van der Waals surface area contributed by atoms with Crippen LogP contribution in [-0.4, -0.2) is 28.2 Å². The third-order valence-corrected chi connectivity index (χ3v) is 4.48. The third-order valence-electron chi connectivity index (χ3n) is 4.11. The van der Waals surface area contributed by atoms with Crippen LogP contribution in [0.25, 0.3) is 0 Å². The maximum absolute atomic E-state index is 12.5. The summed E-state index contributed by atoms with van der Waals surface area (Å²) in [6, 6.07) is 7.10. The molecular weight excluding hydrogens is 346 g/mol. The maximum atomic E-state index is 12.5. The second kappa shape index (κ2) is 7.67. The van der Waals surface area contributed by atoms with Gasteiger partial charge in [0.2, 0.25) is 0 Å². The van der Waals surface area contributed by atoms with Crippen molar-refractivity contribution in [1.82, 2.24) is 14.9 Å². The van der Waals surface area contributed by atoms with Gasteiger partial charge in [0.1, 0.15) is 5.56 Å². The molecule has 1 aromatic heterocycles. The van der Waals surface area contributed by atoms with Crippen LogP contribution in [0.2, 0.25) is 5.02 Å². The highest BCUT2D eigenvalue weighted by Crippen LogP contribution is 2.14. The number of ether oxygens (including phenoxy) is 1. The Morgan fingerprint density at radius 1 is 1.36 bits per heavy atom. The molecule has 1 amide bonds. The number of nitrogens with zero attached hydrogens (tertiary/aromatic N) is 1. The molecule has 8 heteroatoms. The van der Waals surface area contributed by atoms with Gasteiger partial charge in [0, 0.05) is 24.4 Å². The third kappa shape index (κ3) is 4.00. The van der Waals surface area contributed by atoms with E-state index in [2.05, 4.69) is 10.3 Å². The summed E-state index contributed by atoms with van der Waals surface area (Å²) in [5, 5.41) is 3.18. The fraction of sp³-hybridized carbons (Fsp3) is 0.353. The number of hydrogen-bond acceptors (Lipinski definition) is 4. The normalized spacial score (nSPS) is 16.8. The van der Waals surface area contributed by atoms with Gasteiger partial charge in [-0.1, -0.05) is 29.8 Å². The first-order valence-electron chi connectivity index (χ1n) is 8.02. The molecule has 1 fully saturated rings. The molecule has 1 unspecified atom stereocenters. The molecule has 1 aliphatic heterocycles. The predicted octanol–water partition coefficient (Wildman–Crippen LogP) is 1.30. The topological polar surface area (TPSA) is 93.2 Å². The number of halogens is 1. The van der Waals surface area contributed by atoms with Crippen molar-refractivity contribution in [3.05, 3.63) is 67.4 Å². The molecule has 2 heterocycles. The van der Waals surface area contributed by atoms with Gasteiger partial charge in [0.25, 0.3) is 11.5 Å². The van der Waals surface area contributed by atoms with E-state index in [-0.39, 0.29) is 24.8 Å². The molecule has 2 aromatic rings. The van der Waals surface area contributed by atoms with Crippen LogP contribution in [0.1, 0.15) is 28.8 Å². The second-order valence-corrected chi connectivity index (χ2v) is 6.24. The van der Waals surface area contributed by atoms with Gasteiger partial charge in [-0.2, -0.15) is 0 Å². The Balaban J connectivity index is 1.77. The standard InChI is InChI=1S/C17H18ClN3O4/c18-14-6-2-1-4-11(14)8-19-15(22)13-9-20-17(24)21(16(13)23)10-12-5-3-7-25-12/h1-2,4,6,9,12H,3,5,7-8,10H2,(H,19,22)(H,20,24). The fourth-order valence-electron chi connectivity index (χ4n) is 2.74. The Bertz CT molecular complexity index is 884. The van der Waals surface area contributed by atoms with Crippen molar-refractivity contribution in [3.8, 4) is 0 Å². The van der Waals surface area contributed by atoms with Crippen LogP contribution in [0.3, 0.4) is 0 Å². The van der Waals surface area contributed by atoms with E-state index in [1.54, 1.807) is 18.2 Å². The van der Waals surface area contributed by atoms with Crippen molar-refractivity contribution in [2.24, 2.45) is 0 Å². The van der Waals surface area contributed by atoms with E-state index in [0.717, 1.165) is 29.2 Å². The van der Waals surface area contributed by atoms with Gasteiger partial charge in [-0.3, -0.25) is 14.2 Å². The number of carbonyl (C=O) groups excluding carboxylic acids is 1. The molecule has 0 saturated carbocycles. The van der Waals surface area contributed by atoms with Crippen LogP contribution < -0.4 is 16.6 Å². The zero-order valence-corrected chi connectivity index (χ0v) is 14.2. The quantitative estimate of drug-likeness (QED) is 0.837. The number of carbonyl (C=O) groups is 1. The molecule has 132 valence electrons. The maximum Gasteiger partial charge on any atom is 0.328 e. The van der Waals surface area contributed by atoms with Gasteiger partial charge in [0.05, 0.1) is 12.6 Å². The molecule has 0 spiro atoms. The number of amides is 1. The SMILES string of the molecule is O=C(NCc1ccccc1Cl)c1c[nH]c(=O)n(CC2CCCO2)c1=O. The summed E-state index contributed by atoms with van der Waals surface area (Å²) in [7, 11) is 0. The first-order valence-corrected chi connectivity index (χ1v) is 8.40. The molecule has 3 rings (SSSR count). The van der Waals surface area contributed by atoms with Crippen molar-refractivity contribution in [1.29, 1.82) is 0 Å². The molecule has 1 aliphatic rings. The van der Waals surface area contributed by atoms with Crippen molar-refractivity contribution in [2.75, 3.05) is 6.61 Å². The Morgan fingerprint density at radius 3 is 2.88 bits per heavy atom. The number of rotatable bonds is 5. The van der Waals surface area contributed by atoms with E-state index in [1.807, 2.05) is 6.07 Å². The minimum atomic E-state index is -0.629. The van der Waals surface area contributed by atoms with Crippen LogP contribution in [0.15, 0.2) is 40.1 Å². The van der Waals surface area contributed by atoms with Crippen LogP contribution in [-0.2, 0) is 17.8 Å². The first kappa shape index (κ1) is 17.4. The molecule has 0 bridgehead atoms. The lowest BCUT2D eigenvalue weighted by molar-refractivity contribution is 0.0921. The molecule has 25 heavy (non-hydrogen) atoms. The average Bonchev–Trinajstić information content (AvgIpc) is 3.11. The molecule has 0 aliphatic carbocycles. The van der Waals surface area contributed by atoms with Gasteiger partial charge < -0.3 is 15.0 Å². The minimum absolute atomic E-state index is 0.121. The van der Waals surface area contributed by atoms with Gasteiger partial charge in [-0.15, -0.1) is 0 Å². The van der Waals surface area contributed by atoms with Crippen LogP contribution in [0, 0.1) is 0 Å². The zero-order chi connectivity index (χ0) is 17.8. The average molecular weight is 364 g/mol. The van der Waals surface area contributed by atoms with E-state index in [1.165, 1.54) is 0 Å². The molecule has 2 N–H and O–H groups in total. The van der Waals surface area contributed by atoms with Crippen molar-refractivity contribution < 1.29 is 9.53 Å². The summed E-state index contributed by atoms with van der Waals surface area (Å²) in [4.78, 5) is 39.2. The Morgan fingerprint density at radius 2 is 2.16 bits per heavy atom. The highest BCUT2D eigenvalue weighted by atomic mass is 35.5. The van der Waals surface area contributed by atoms with E-state index < -0.39 is 17.2 Å². The number of aromatic nitrogens is 2. The highest BCUT2D eigenvalue weighted by molar-refractivity contribution is 6.31. The largest absolute Gasteiger partial charge is 0.376 e. The molecule has 7 nitrogen and oxygen atoms in total. The van der Waals surface area contributed by atoms with Crippen molar-refractivity contribution in [2.45, 2.75) is 32.0 Å². The molecule has 0 radical (unpaired) electrons. The molecule has 1 saturated heterocycles. The summed E-state index contributed by atoms with van der Waals surface area (Å²) in [6.45, 7) is 0.942. The monoisotopic (exact) mass is 363 g/mol. The van der Waals surface area contributed by atoms with E-state index >= 15 is 0 Å². The predicted molar refractivity (Wildman–Crippen MR) is 92.9 cm³/mol. The van der Waals surface area contributed by atoms with Crippen molar-refractivity contribution in [3.63, 3.8) is 0 Å². The molecule has 1 aromatic carbocycles. The lowest BCUT2D eigenvalue weighted by Crippen LogP contribution is -2.42. The van der Waals surface area contributed by atoms with Crippen molar-refractivity contribution >= 4 is 17.5 Å². The van der Waals surface area contributed by atoms with Crippen LogP contribution in [0.5, 0.6) is 0 Å². The fourth-order valence-corrected chi connectivity index (χ4v) is 2.95. The first-order chi connectivity index (χ1) is 12.1. The summed E-state index contributed by atoms with van der Waals surface area (Å²) >= 11 is 6.05. The summed E-state index contributed by atoms with van der Waals surface area (Å²) in [5.74, 6) is -0.567. The second-order valence-electron chi connectivity index (χ2n) is 5.83. The Hall–Kier alpha value is -2.38. The molecule has 1 atom stereocenters. The Labute approximate surface area is 148 Å². The van der Waals surface area contributed by atoms with E-state index in [9.17, 15) is 14.4 Å². The van der Waals surface area contributed by atoms with Gasteiger partial charge in [-0.25, -0.2) is 4.79 Å². The summed E-state index contributed by atoms with van der Waals surface area (Å²) < 4.78 is 6.47. The summed E-state index contributed by atoms with van der Waals surface area (Å²) in [5.41, 5.74) is -0.565. The smallest absolute Gasteiger partial charge is 0.328 e. The Kier molecular flexibility index (Phi) is 5.35. The van der Waals surface area contributed by atoms with E-state index in [0.29, 0.717) is 11.6 Å². The lowest BCUT2D eigenvalue weighted by Gasteiger charge is -2.12. The summed E-state index contributed by atoms with van der Waals surface area (Å²) in [6.07, 6.45) is 2.64. The lowest BCUT2D eigenvalue weighted by atomic mass is 10.2. The van der Waals surface area contributed by atoms with E-state index in [4.69, 9.17) is 16.3 Å². The number of aromatic amines is 1. The van der Waals surface area contributed by atoms with Gasteiger partial charge in [0.15, 0.2) is 0 Å². The van der Waals surface area contributed by atoms with Crippen LogP contribution >= 0.6 is 11.6 Å². The number of benzene rings is 1. The minimum Gasteiger partial charge on any atom is -0.376 e. The van der Waals surface area contributed by atoms with Crippen LogP contribution in [0.4, 0.5) is 0 Å². The van der Waals surface area contributed by atoms with Gasteiger partial charge in [-0.05, 0) is 24.5 Å².